The molecule has 0 bridgehead atoms. The van der Waals surface area contributed by atoms with Crippen LogP contribution in [0.5, 0.6) is 17.2 Å². The standard InChI is InChI=1S/C18H18FNO4/c1-22-15-10-4-12(17(23-2)18(15)24-3)5-11-16(21)20-14-8-6-13(19)7-9-14/h4-11H,1-3H3,(H,20,21)/b11-5+. The molecule has 0 fully saturated rings. The van der Waals surface area contributed by atoms with Gasteiger partial charge in [-0.3, -0.25) is 4.79 Å². The van der Waals surface area contributed by atoms with Crippen LogP contribution in [0.15, 0.2) is 42.5 Å². The molecule has 2 rings (SSSR count). The van der Waals surface area contributed by atoms with Crippen molar-refractivity contribution in [2.24, 2.45) is 0 Å². The fourth-order valence-corrected chi connectivity index (χ4v) is 2.14. The van der Waals surface area contributed by atoms with E-state index in [4.69, 9.17) is 14.2 Å². The molecule has 0 spiro atoms. The van der Waals surface area contributed by atoms with Crippen molar-refractivity contribution in [3.05, 3.63) is 53.9 Å². The predicted molar refractivity (Wildman–Crippen MR) is 90.2 cm³/mol. The lowest BCUT2D eigenvalue weighted by Gasteiger charge is -2.13. The van der Waals surface area contributed by atoms with Crippen LogP contribution in [0.2, 0.25) is 0 Å². The van der Waals surface area contributed by atoms with Crippen LogP contribution in [0, 0.1) is 5.82 Å². The van der Waals surface area contributed by atoms with E-state index in [1.165, 1.54) is 51.7 Å². The highest BCUT2D eigenvalue weighted by atomic mass is 19.1. The van der Waals surface area contributed by atoms with Gasteiger partial charge in [0.2, 0.25) is 11.7 Å². The van der Waals surface area contributed by atoms with Gasteiger partial charge in [0.1, 0.15) is 5.82 Å². The van der Waals surface area contributed by atoms with Crippen LogP contribution in [0.25, 0.3) is 6.08 Å². The Morgan fingerprint density at radius 1 is 0.958 bits per heavy atom. The average molecular weight is 331 g/mol. The molecule has 0 aliphatic heterocycles. The van der Waals surface area contributed by atoms with E-state index in [-0.39, 0.29) is 11.7 Å². The molecule has 0 saturated heterocycles. The summed E-state index contributed by atoms with van der Waals surface area (Å²) in [5.41, 5.74) is 1.16. The molecule has 0 heterocycles. The van der Waals surface area contributed by atoms with E-state index in [9.17, 15) is 9.18 Å². The Kier molecular flexibility index (Phi) is 5.78. The van der Waals surface area contributed by atoms with Crippen LogP contribution >= 0.6 is 0 Å². The summed E-state index contributed by atoms with van der Waals surface area (Å²) in [4.78, 5) is 12.0. The van der Waals surface area contributed by atoms with E-state index in [1.807, 2.05) is 0 Å². The molecule has 5 nitrogen and oxygen atoms in total. The number of hydrogen-bond donors (Lipinski definition) is 1. The molecular formula is C18H18FNO4. The molecule has 2 aromatic carbocycles. The summed E-state index contributed by atoms with van der Waals surface area (Å²) in [6.07, 6.45) is 2.95. The first kappa shape index (κ1) is 17.3. The molecule has 0 aliphatic carbocycles. The van der Waals surface area contributed by atoms with Crippen LogP contribution in [0.1, 0.15) is 5.56 Å². The van der Waals surface area contributed by atoms with Gasteiger partial charge < -0.3 is 19.5 Å². The van der Waals surface area contributed by atoms with Crippen LogP contribution in [0.3, 0.4) is 0 Å². The third-order valence-corrected chi connectivity index (χ3v) is 3.26. The van der Waals surface area contributed by atoms with Gasteiger partial charge in [0.15, 0.2) is 11.5 Å². The first-order valence-corrected chi connectivity index (χ1v) is 7.12. The number of carbonyl (C=O) groups excluding carboxylic acids is 1. The summed E-state index contributed by atoms with van der Waals surface area (Å²) in [7, 11) is 4.55. The number of anilines is 1. The molecule has 0 unspecified atom stereocenters. The second-order valence-electron chi connectivity index (χ2n) is 4.75. The van der Waals surface area contributed by atoms with Gasteiger partial charge in [0, 0.05) is 17.3 Å². The number of benzene rings is 2. The lowest BCUT2D eigenvalue weighted by molar-refractivity contribution is -0.111. The van der Waals surface area contributed by atoms with E-state index in [1.54, 1.807) is 18.2 Å². The van der Waals surface area contributed by atoms with Gasteiger partial charge in [-0.2, -0.15) is 0 Å². The van der Waals surface area contributed by atoms with Gasteiger partial charge in [-0.25, -0.2) is 4.39 Å². The molecular weight excluding hydrogens is 313 g/mol. The third-order valence-electron chi connectivity index (χ3n) is 3.26. The first-order valence-electron chi connectivity index (χ1n) is 7.12. The quantitative estimate of drug-likeness (QED) is 0.823. The van der Waals surface area contributed by atoms with Crippen molar-refractivity contribution in [3.63, 3.8) is 0 Å². The van der Waals surface area contributed by atoms with Gasteiger partial charge in [-0.05, 0) is 42.5 Å². The normalized spacial score (nSPS) is 10.5. The third kappa shape index (κ3) is 4.04. The maximum absolute atomic E-state index is 12.8. The van der Waals surface area contributed by atoms with E-state index in [2.05, 4.69) is 5.32 Å². The summed E-state index contributed by atoms with van der Waals surface area (Å²) in [5, 5.41) is 2.64. The number of ether oxygens (including phenoxy) is 3. The minimum atomic E-state index is -0.362. The smallest absolute Gasteiger partial charge is 0.248 e. The van der Waals surface area contributed by atoms with Crippen molar-refractivity contribution in [3.8, 4) is 17.2 Å². The first-order chi connectivity index (χ1) is 11.6. The van der Waals surface area contributed by atoms with E-state index in [0.717, 1.165) is 0 Å². The number of rotatable bonds is 6. The average Bonchev–Trinajstić information content (AvgIpc) is 2.60. The molecule has 24 heavy (non-hydrogen) atoms. The Hall–Kier alpha value is -3.02. The fourth-order valence-electron chi connectivity index (χ4n) is 2.14. The zero-order valence-corrected chi connectivity index (χ0v) is 13.6. The van der Waals surface area contributed by atoms with Crippen molar-refractivity contribution in [1.29, 1.82) is 0 Å². The summed E-state index contributed by atoms with van der Waals surface area (Å²) in [6.45, 7) is 0. The van der Waals surface area contributed by atoms with Crippen LogP contribution in [-0.2, 0) is 4.79 Å². The molecule has 0 radical (unpaired) electrons. The summed E-state index contributed by atoms with van der Waals surface area (Å²) in [5.74, 6) is 0.725. The minimum Gasteiger partial charge on any atom is -0.493 e. The van der Waals surface area contributed by atoms with Crippen molar-refractivity contribution in [1.82, 2.24) is 0 Å². The second kappa shape index (κ2) is 8.01. The van der Waals surface area contributed by atoms with Gasteiger partial charge in [-0.15, -0.1) is 0 Å². The summed E-state index contributed by atoms with van der Waals surface area (Å²) in [6, 6.07) is 8.99. The Balaban J connectivity index is 2.18. The number of hydrogen-bond acceptors (Lipinski definition) is 4. The molecule has 1 N–H and O–H groups in total. The van der Waals surface area contributed by atoms with E-state index in [0.29, 0.717) is 28.5 Å². The van der Waals surface area contributed by atoms with Crippen LogP contribution in [-0.4, -0.2) is 27.2 Å². The van der Waals surface area contributed by atoms with Crippen molar-refractivity contribution < 1.29 is 23.4 Å². The zero-order chi connectivity index (χ0) is 17.5. The molecule has 0 atom stereocenters. The lowest BCUT2D eigenvalue weighted by Crippen LogP contribution is -2.07. The minimum absolute atomic E-state index is 0.349. The highest BCUT2D eigenvalue weighted by Gasteiger charge is 2.14. The molecule has 0 aromatic heterocycles. The molecule has 126 valence electrons. The van der Waals surface area contributed by atoms with Crippen LogP contribution < -0.4 is 19.5 Å². The van der Waals surface area contributed by atoms with Crippen molar-refractivity contribution >= 4 is 17.7 Å². The summed E-state index contributed by atoms with van der Waals surface area (Å²) >= 11 is 0. The second-order valence-corrected chi connectivity index (χ2v) is 4.75. The Morgan fingerprint density at radius 2 is 1.62 bits per heavy atom. The number of amides is 1. The van der Waals surface area contributed by atoms with E-state index < -0.39 is 0 Å². The largest absolute Gasteiger partial charge is 0.493 e. The Labute approximate surface area is 139 Å². The zero-order valence-electron chi connectivity index (χ0n) is 13.6. The van der Waals surface area contributed by atoms with Crippen LogP contribution in [0.4, 0.5) is 10.1 Å². The molecule has 6 heteroatoms. The summed E-state index contributed by atoms with van der Waals surface area (Å²) < 4.78 is 28.7. The highest BCUT2D eigenvalue weighted by molar-refractivity contribution is 6.02. The lowest BCUT2D eigenvalue weighted by atomic mass is 10.1. The van der Waals surface area contributed by atoms with Gasteiger partial charge in [-0.1, -0.05) is 0 Å². The Morgan fingerprint density at radius 3 is 2.21 bits per heavy atom. The maximum atomic E-state index is 12.8. The predicted octanol–water partition coefficient (Wildman–Crippen LogP) is 3.50. The van der Waals surface area contributed by atoms with Gasteiger partial charge in [0.25, 0.3) is 0 Å². The number of nitrogens with one attached hydrogen (secondary N) is 1. The van der Waals surface area contributed by atoms with Crippen molar-refractivity contribution in [2.75, 3.05) is 26.6 Å². The molecule has 0 aliphatic rings. The van der Waals surface area contributed by atoms with Gasteiger partial charge >= 0.3 is 0 Å². The number of methoxy groups -OCH3 is 3. The van der Waals surface area contributed by atoms with Gasteiger partial charge in [0.05, 0.1) is 21.3 Å². The molecule has 1 amide bonds. The highest BCUT2D eigenvalue weighted by Crippen LogP contribution is 2.40. The monoisotopic (exact) mass is 331 g/mol. The number of halogens is 1. The maximum Gasteiger partial charge on any atom is 0.248 e. The fraction of sp³-hybridized carbons (Fsp3) is 0.167. The Bertz CT molecular complexity index is 741. The topological polar surface area (TPSA) is 56.8 Å². The van der Waals surface area contributed by atoms with E-state index >= 15 is 0 Å². The molecule has 2 aromatic rings. The van der Waals surface area contributed by atoms with Crippen molar-refractivity contribution in [2.45, 2.75) is 0 Å². The molecule has 0 saturated carbocycles. The SMILES string of the molecule is COc1ccc(/C=C/C(=O)Nc2ccc(F)cc2)c(OC)c1OC. The number of carbonyl (C=O) groups is 1.